The summed E-state index contributed by atoms with van der Waals surface area (Å²) in [5.41, 5.74) is 0. The van der Waals surface area contributed by atoms with Gasteiger partial charge in [0.25, 0.3) is 0 Å². The first-order chi connectivity index (χ1) is 6.97. The van der Waals surface area contributed by atoms with Crippen LogP contribution in [0.2, 0.25) is 0 Å². The van der Waals surface area contributed by atoms with Gasteiger partial charge in [-0.05, 0) is 23.3 Å². The maximum absolute atomic E-state index is 12.0. The molecule has 0 spiro atoms. The third-order valence-electron chi connectivity index (χ3n) is 2.38. The molecule has 5 heteroatoms. The molecular weight excluding hydrogens is 296 g/mol. The summed E-state index contributed by atoms with van der Waals surface area (Å²) in [5.74, 6) is 0.785. The molecule has 0 bridgehead atoms. The number of halogens is 1. The summed E-state index contributed by atoms with van der Waals surface area (Å²) >= 11 is 4.66. The zero-order valence-corrected chi connectivity index (χ0v) is 12.0. The van der Waals surface area contributed by atoms with Gasteiger partial charge in [-0.1, -0.05) is 35.8 Å². The minimum atomic E-state index is -3.08. The zero-order chi connectivity index (χ0) is 11.5. The number of alkyl halides is 1. The molecule has 0 aliphatic rings. The van der Waals surface area contributed by atoms with E-state index in [0.717, 1.165) is 5.33 Å². The molecule has 0 aliphatic carbocycles. The Morgan fingerprint density at radius 2 is 2.13 bits per heavy atom. The quantitative estimate of drug-likeness (QED) is 0.783. The zero-order valence-electron chi connectivity index (χ0n) is 8.81. The van der Waals surface area contributed by atoms with E-state index in [2.05, 4.69) is 29.8 Å². The van der Waals surface area contributed by atoms with Crippen LogP contribution in [-0.2, 0) is 9.84 Å². The SMILES string of the molecule is CC(C)C(CBr)CS(=O)(=O)c1cccs1. The summed E-state index contributed by atoms with van der Waals surface area (Å²) in [5, 5.41) is 2.53. The van der Waals surface area contributed by atoms with Crippen molar-refractivity contribution in [3.63, 3.8) is 0 Å². The highest BCUT2D eigenvalue weighted by Gasteiger charge is 2.23. The van der Waals surface area contributed by atoms with Crippen LogP contribution in [0.25, 0.3) is 0 Å². The molecule has 1 atom stereocenters. The van der Waals surface area contributed by atoms with E-state index >= 15 is 0 Å². The third kappa shape index (κ3) is 3.57. The average molecular weight is 311 g/mol. The van der Waals surface area contributed by atoms with Gasteiger partial charge in [0, 0.05) is 5.33 Å². The van der Waals surface area contributed by atoms with E-state index in [1.54, 1.807) is 17.5 Å². The molecule has 0 saturated heterocycles. The predicted molar refractivity (Wildman–Crippen MR) is 68.5 cm³/mol. The van der Waals surface area contributed by atoms with Crippen LogP contribution in [0.15, 0.2) is 21.7 Å². The van der Waals surface area contributed by atoms with Crippen molar-refractivity contribution < 1.29 is 8.42 Å². The monoisotopic (exact) mass is 310 g/mol. The molecule has 0 N–H and O–H groups in total. The van der Waals surface area contributed by atoms with Crippen molar-refractivity contribution in [2.45, 2.75) is 18.1 Å². The molecular formula is C10H15BrO2S2. The minimum Gasteiger partial charge on any atom is -0.223 e. The van der Waals surface area contributed by atoms with Crippen molar-refractivity contribution in [1.82, 2.24) is 0 Å². The lowest BCUT2D eigenvalue weighted by Crippen LogP contribution is -2.21. The summed E-state index contributed by atoms with van der Waals surface area (Å²) in [7, 11) is -3.08. The normalized spacial score (nSPS) is 14.4. The largest absolute Gasteiger partial charge is 0.223 e. The van der Waals surface area contributed by atoms with Gasteiger partial charge in [-0.25, -0.2) is 8.42 Å². The average Bonchev–Trinajstić information content (AvgIpc) is 2.67. The van der Waals surface area contributed by atoms with Crippen LogP contribution in [0.4, 0.5) is 0 Å². The molecule has 1 aromatic heterocycles. The van der Waals surface area contributed by atoms with Crippen molar-refractivity contribution >= 4 is 37.1 Å². The molecule has 0 amide bonds. The number of sulfone groups is 1. The topological polar surface area (TPSA) is 34.1 Å². The van der Waals surface area contributed by atoms with Crippen LogP contribution in [0.3, 0.4) is 0 Å². The van der Waals surface area contributed by atoms with E-state index in [1.807, 2.05) is 0 Å². The highest BCUT2D eigenvalue weighted by molar-refractivity contribution is 9.09. The second-order valence-electron chi connectivity index (χ2n) is 3.87. The summed E-state index contributed by atoms with van der Waals surface area (Å²) in [6, 6.07) is 3.45. The summed E-state index contributed by atoms with van der Waals surface area (Å²) < 4.78 is 24.4. The molecule has 0 fully saturated rings. The van der Waals surface area contributed by atoms with Crippen molar-refractivity contribution in [3.05, 3.63) is 17.5 Å². The Hall–Kier alpha value is 0.130. The summed E-state index contributed by atoms with van der Waals surface area (Å²) in [4.78, 5) is 0. The Morgan fingerprint density at radius 1 is 1.47 bits per heavy atom. The first-order valence-electron chi connectivity index (χ1n) is 4.79. The Labute approximate surface area is 104 Å². The molecule has 0 saturated carbocycles. The number of hydrogen-bond acceptors (Lipinski definition) is 3. The molecule has 1 rings (SSSR count). The van der Waals surface area contributed by atoms with E-state index in [9.17, 15) is 8.42 Å². The van der Waals surface area contributed by atoms with Crippen LogP contribution in [0.1, 0.15) is 13.8 Å². The van der Waals surface area contributed by atoms with E-state index in [1.165, 1.54) is 11.3 Å². The summed E-state index contributed by atoms with van der Waals surface area (Å²) in [6.45, 7) is 4.10. The molecule has 0 radical (unpaired) electrons. The van der Waals surface area contributed by atoms with Crippen molar-refractivity contribution in [3.8, 4) is 0 Å². The Morgan fingerprint density at radius 3 is 2.53 bits per heavy atom. The fourth-order valence-electron chi connectivity index (χ4n) is 1.22. The van der Waals surface area contributed by atoms with Gasteiger partial charge in [-0.3, -0.25) is 0 Å². The molecule has 0 aliphatic heterocycles. The smallest absolute Gasteiger partial charge is 0.188 e. The first-order valence-corrected chi connectivity index (χ1v) is 8.45. The molecule has 1 aromatic rings. The van der Waals surface area contributed by atoms with Gasteiger partial charge >= 0.3 is 0 Å². The van der Waals surface area contributed by atoms with Gasteiger partial charge in [0.05, 0.1) is 5.75 Å². The van der Waals surface area contributed by atoms with Crippen LogP contribution >= 0.6 is 27.3 Å². The van der Waals surface area contributed by atoms with E-state index in [4.69, 9.17) is 0 Å². The maximum Gasteiger partial charge on any atom is 0.188 e. The van der Waals surface area contributed by atoms with Gasteiger partial charge in [-0.2, -0.15) is 0 Å². The standard InChI is InChI=1S/C10H15BrO2S2/c1-8(2)9(6-11)7-15(12,13)10-4-3-5-14-10/h3-5,8-9H,6-7H2,1-2H3. The van der Waals surface area contributed by atoms with E-state index < -0.39 is 9.84 Å². The molecule has 86 valence electrons. The summed E-state index contributed by atoms with van der Waals surface area (Å²) in [6.07, 6.45) is 0. The van der Waals surface area contributed by atoms with Gasteiger partial charge in [0.15, 0.2) is 9.84 Å². The molecule has 1 heterocycles. The highest BCUT2D eigenvalue weighted by Crippen LogP contribution is 2.23. The predicted octanol–water partition coefficient (Wildman–Crippen LogP) is 3.19. The third-order valence-corrected chi connectivity index (χ3v) is 6.54. The van der Waals surface area contributed by atoms with Gasteiger partial charge in [-0.15, -0.1) is 11.3 Å². The van der Waals surface area contributed by atoms with Crippen LogP contribution in [0, 0.1) is 11.8 Å². The molecule has 2 nitrogen and oxygen atoms in total. The second kappa shape index (κ2) is 5.46. The van der Waals surface area contributed by atoms with Crippen LogP contribution in [-0.4, -0.2) is 19.5 Å². The van der Waals surface area contributed by atoms with Gasteiger partial charge < -0.3 is 0 Å². The Kier molecular flexibility index (Phi) is 4.80. The highest BCUT2D eigenvalue weighted by atomic mass is 79.9. The van der Waals surface area contributed by atoms with Crippen LogP contribution in [0.5, 0.6) is 0 Å². The second-order valence-corrected chi connectivity index (χ2v) is 7.73. The fraction of sp³-hybridized carbons (Fsp3) is 0.600. The van der Waals surface area contributed by atoms with Gasteiger partial charge in [0.2, 0.25) is 0 Å². The van der Waals surface area contributed by atoms with Crippen molar-refractivity contribution in [2.24, 2.45) is 11.8 Å². The Balaban J connectivity index is 2.81. The van der Waals surface area contributed by atoms with Gasteiger partial charge in [0.1, 0.15) is 4.21 Å². The van der Waals surface area contributed by atoms with Crippen molar-refractivity contribution in [2.75, 3.05) is 11.1 Å². The lowest BCUT2D eigenvalue weighted by atomic mass is 10.0. The lowest BCUT2D eigenvalue weighted by molar-refractivity contribution is 0.462. The molecule has 15 heavy (non-hydrogen) atoms. The van der Waals surface area contributed by atoms with Crippen molar-refractivity contribution in [1.29, 1.82) is 0 Å². The first kappa shape index (κ1) is 13.2. The number of rotatable bonds is 5. The van der Waals surface area contributed by atoms with Crippen LogP contribution < -0.4 is 0 Å². The number of thiophene rings is 1. The van der Waals surface area contributed by atoms with E-state index in [0.29, 0.717) is 10.1 Å². The Bertz CT molecular complexity index is 382. The maximum atomic E-state index is 12.0. The fourth-order valence-corrected chi connectivity index (χ4v) is 5.42. The minimum absolute atomic E-state index is 0.178. The molecule has 1 unspecified atom stereocenters. The molecule has 0 aromatic carbocycles. The lowest BCUT2D eigenvalue weighted by Gasteiger charge is -2.17. The van der Waals surface area contributed by atoms with E-state index in [-0.39, 0.29) is 11.7 Å². The number of hydrogen-bond donors (Lipinski definition) is 0.